The Morgan fingerprint density at radius 1 is 1.55 bits per heavy atom. The molecule has 1 N–H and O–H groups in total. The highest BCUT2D eigenvalue weighted by atomic mass is 19.3. The van der Waals surface area contributed by atoms with Crippen LogP contribution in [0.3, 0.4) is 0 Å². The van der Waals surface area contributed by atoms with Crippen LogP contribution in [0.25, 0.3) is 0 Å². The number of likely N-dealkylation sites (N-methyl/N-ethyl adjacent to an activating group) is 1. The van der Waals surface area contributed by atoms with Gasteiger partial charge in [-0.15, -0.1) is 0 Å². The lowest BCUT2D eigenvalue weighted by Gasteiger charge is -2.14. The number of hydrogen-bond acceptors (Lipinski definition) is 2. The molecule has 1 aliphatic heterocycles. The minimum absolute atomic E-state index is 0.0245. The van der Waals surface area contributed by atoms with Gasteiger partial charge in [-0.3, -0.25) is 4.90 Å². The molecule has 0 aromatic carbocycles. The number of nitrogens with zero attached hydrogens (tertiary/aromatic N) is 1. The van der Waals surface area contributed by atoms with Gasteiger partial charge < -0.3 is 5.32 Å². The van der Waals surface area contributed by atoms with Gasteiger partial charge in [0.2, 0.25) is 0 Å². The van der Waals surface area contributed by atoms with E-state index in [0.29, 0.717) is 6.54 Å². The third-order valence-electron chi connectivity index (χ3n) is 1.93. The summed E-state index contributed by atoms with van der Waals surface area (Å²) in [5.41, 5.74) is 0. The molecular formula is C7H14F2N2. The summed E-state index contributed by atoms with van der Waals surface area (Å²) in [5, 5.41) is 2.94. The van der Waals surface area contributed by atoms with E-state index >= 15 is 0 Å². The molecule has 0 unspecified atom stereocenters. The van der Waals surface area contributed by atoms with Crippen LogP contribution in [0.5, 0.6) is 0 Å². The monoisotopic (exact) mass is 164 g/mol. The average molecular weight is 164 g/mol. The van der Waals surface area contributed by atoms with Crippen LogP contribution in [0.4, 0.5) is 8.78 Å². The number of likely N-dealkylation sites (tertiary alicyclic amines) is 1. The summed E-state index contributed by atoms with van der Waals surface area (Å²) in [6.45, 7) is 1.99. The first kappa shape index (κ1) is 8.87. The normalized spacial score (nSPS) is 24.3. The van der Waals surface area contributed by atoms with Gasteiger partial charge >= 0.3 is 0 Å². The molecule has 0 aliphatic carbocycles. The first-order chi connectivity index (χ1) is 5.14. The minimum atomic E-state index is -2.44. The Balaban J connectivity index is 2.20. The van der Waals surface area contributed by atoms with Crippen LogP contribution < -0.4 is 5.32 Å². The van der Waals surface area contributed by atoms with Gasteiger partial charge in [0.25, 0.3) is 5.92 Å². The van der Waals surface area contributed by atoms with Gasteiger partial charge in [0, 0.05) is 26.1 Å². The molecule has 4 heteroatoms. The SMILES string of the molecule is CNCCN1CCC(F)(F)C1. The summed E-state index contributed by atoms with van der Waals surface area (Å²) in [4.78, 5) is 1.79. The summed E-state index contributed by atoms with van der Waals surface area (Å²) < 4.78 is 25.1. The largest absolute Gasteiger partial charge is 0.318 e. The molecule has 0 bridgehead atoms. The second-order valence-corrected chi connectivity index (χ2v) is 2.99. The van der Waals surface area contributed by atoms with Crippen LogP contribution in [0.15, 0.2) is 0 Å². The maximum absolute atomic E-state index is 12.6. The highest BCUT2D eigenvalue weighted by Crippen LogP contribution is 2.25. The zero-order valence-corrected chi connectivity index (χ0v) is 6.74. The highest BCUT2D eigenvalue weighted by molar-refractivity contribution is 4.81. The fraction of sp³-hybridized carbons (Fsp3) is 1.00. The summed E-state index contributed by atoms with van der Waals surface area (Å²) in [7, 11) is 1.83. The van der Waals surface area contributed by atoms with E-state index < -0.39 is 5.92 Å². The number of nitrogens with one attached hydrogen (secondary N) is 1. The van der Waals surface area contributed by atoms with Crippen LogP contribution in [0, 0.1) is 0 Å². The Morgan fingerprint density at radius 3 is 2.73 bits per heavy atom. The number of rotatable bonds is 3. The van der Waals surface area contributed by atoms with E-state index in [0.717, 1.165) is 13.1 Å². The predicted molar refractivity (Wildman–Crippen MR) is 39.9 cm³/mol. The van der Waals surface area contributed by atoms with Crippen molar-refractivity contribution in [2.24, 2.45) is 0 Å². The zero-order valence-electron chi connectivity index (χ0n) is 6.74. The Bertz CT molecular complexity index is 128. The third-order valence-corrected chi connectivity index (χ3v) is 1.93. The molecule has 0 aromatic rings. The molecular weight excluding hydrogens is 150 g/mol. The molecule has 2 nitrogen and oxygen atoms in total. The molecule has 0 radical (unpaired) electrons. The van der Waals surface area contributed by atoms with Crippen LogP contribution in [0.1, 0.15) is 6.42 Å². The molecule has 1 aliphatic rings. The lowest BCUT2D eigenvalue weighted by Crippen LogP contribution is -2.31. The first-order valence-corrected chi connectivity index (χ1v) is 3.89. The molecule has 1 saturated heterocycles. The summed E-state index contributed by atoms with van der Waals surface area (Å²) in [6, 6.07) is 0. The van der Waals surface area contributed by atoms with Crippen molar-refractivity contribution in [1.82, 2.24) is 10.2 Å². The molecule has 0 saturated carbocycles. The van der Waals surface area contributed by atoms with Crippen molar-refractivity contribution in [3.63, 3.8) is 0 Å². The first-order valence-electron chi connectivity index (χ1n) is 3.89. The average Bonchev–Trinajstić information content (AvgIpc) is 2.26. The van der Waals surface area contributed by atoms with Gasteiger partial charge in [0.05, 0.1) is 6.54 Å². The van der Waals surface area contributed by atoms with E-state index in [-0.39, 0.29) is 13.0 Å². The van der Waals surface area contributed by atoms with Crippen molar-refractivity contribution in [1.29, 1.82) is 0 Å². The Morgan fingerprint density at radius 2 is 2.27 bits per heavy atom. The van der Waals surface area contributed by atoms with E-state index in [9.17, 15) is 8.78 Å². The van der Waals surface area contributed by atoms with Gasteiger partial charge in [0.1, 0.15) is 0 Å². The maximum Gasteiger partial charge on any atom is 0.261 e. The maximum atomic E-state index is 12.6. The van der Waals surface area contributed by atoms with Crippen molar-refractivity contribution >= 4 is 0 Å². The van der Waals surface area contributed by atoms with Gasteiger partial charge in [-0.05, 0) is 7.05 Å². The zero-order chi connectivity index (χ0) is 8.32. The second kappa shape index (κ2) is 3.45. The van der Waals surface area contributed by atoms with E-state index in [1.807, 2.05) is 7.05 Å². The third kappa shape index (κ3) is 2.71. The standard InChI is InChI=1S/C7H14F2N2/c1-10-3-5-11-4-2-7(8,9)6-11/h10H,2-6H2,1H3. The van der Waals surface area contributed by atoms with Crippen LogP contribution in [0.2, 0.25) is 0 Å². The molecule has 1 heterocycles. The van der Waals surface area contributed by atoms with E-state index in [1.54, 1.807) is 4.90 Å². The summed E-state index contributed by atoms with van der Waals surface area (Å²) >= 11 is 0. The van der Waals surface area contributed by atoms with Crippen molar-refractivity contribution < 1.29 is 8.78 Å². The van der Waals surface area contributed by atoms with Crippen molar-refractivity contribution in [2.45, 2.75) is 12.3 Å². The molecule has 1 fully saturated rings. The van der Waals surface area contributed by atoms with Crippen molar-refractivity contribution in [2.75, 3.05) is 33.2 Å². The van der Waals surface area contributed by atoms with Crippen LogP contribution >= 0.6 is 0 Å². The highest BCUT2D eigenvalue weighted by Gasteiger charge is 2.37. The predicted octanol–water partition coefficient (Wildman–Crippen LogP) is 0.547. The van der Waals surface area contributed by atoms with Crippen molar-refractivity contribution in [3.05, 3.63) is 0 Å². The van der Waals surface area contributed by atoms with Gasteiger partial charge in [-0.2, -0.15) is 0 Å². The smallest absolute Gasteiger partial charge is 0.261 e. The van der Waals surface area contributed by atoms with Gasteiger partial charge in [0.15, 0.2) is 0 Å². The molecule has 1 rings (SSSR count). The van der Waals surface area contributed by atoms with Gasteiger partial charge in [-0.25, -0.2) is 8.78 Å². The summed E-state index contributed by atoms with van der Waals surface area (Å²) in [5.74, 6) is -2.44. The second-order valence-electron chi connectivity index (χ2n) is 2.99. The number of alkyl halides is 2. The van der Waals surface area contributed by atoms with E-state index in [2.05, 4.69) is 5.32 Å². The molecule has 66 valence electrons. The quantitative estimate of drug-likeness (QED) is 0.655. The van der Waals surface area contributed by atoms with Crippen LogP contribution in [-0.4, -0.2) is 44.0 Å². The fourth-order valence-corrected chi connectivity index (χ4v) is 1.27. The fourth-order valence-electron chi connectivity index (χ4n) is 1.27. The molecule has 0 atom stereocenters. The molecule has 0 aromatic heterocycles. The lowest BCUT2D eigenvalue weighted by atomic mass is 10.3. The van der Waals surface area contributed by atoms with Crippen LogP contribution in [-0.2, 0) is 0 Å². The summed E-state index contributed by atoms with van der Waals surface area (Å²) in [6.07, 6.45) is 0.0245. The molecule has 11 heavy (non-hydrogen) atoms. The topological polar surface area (TPSA) is 15.3 Å². The van der Waals surface area contributed by atoms with E-state index in [4.69, 9.17) is 0 Å². The Hall–Kier alpha value is -0.220. The van der Waals surface area contributed by atoms with Gasteiger partial charge in [-0.1, -0.05) is 0 Å². The Kier molecular flexibility index (Phi) is 2.78. The van der Waals surface area contributed by atoms with Crippen molar-refractivity contribution in [3.8, 4) is 0 Å². The Labute approximate surface area is 65.6 Å². The number of hydrogen-bond donors (Lipinski definition) is 1. The lowest BCUT2D eigenvalue weighted by molar-refractivity contribution is 0.0124. The number of halogens is 2. The minimum Gasteiger partial charge on any atom is -0.318 e. The van der Waals surface area contributed by atoms with E-state index in [1.165, 1.54) is 0 Å². The molecule has 0 spiro atoms. The molecule has 0 amide bonds.